The van der Waals surface area contributed by atoms with E-state index in [1.807, 2.05) is 11.4 Å². The second-order valence-electron chi connectivity index (χ2n) is 4.85. The summed E-state index contributed by atoms with van der Waals surface area (Å²) in [6, 6.07) is 11.3. The first-order valence-corrected chi connectivity index (χ1v) is 6.92. The molecule has 2 rings (SSSR count). The third-order valence-electron chi connectivity index (χ3n) is 3.00. The van der Waals surface area contributed by atoms with Crippen LogP contribution in [0.5, 0.6) is 0 Å². The first kappa shape index (κ1) is 17.9. The highest BCUT2D eigenvalue weighted by molar-refractivity contribution is 6.39. The number of hydrogen-bond donors (Lipinski definition) is 2. The number of halogens is 3. The monoisotopic (exact) mass is 348 g/mol. The molecule has 6 nitrogen and oxygen atoms in total. The molecule has 0 aliphatic heterocycles. The zero-order valence-electron chi connectivity index (χ0n) is 12.6. The summed E-state index contributed by atoms with van der Waals surface area (Å²) < 4.78 is 37.7. The fourth-order valence-electron chi connectivity index (χ4n) is 1.85. The van der Waals surface area contributed by atoms with Gasteiger partial charge in [0.25, 0.3) is 0 Å². The number of benzene rings is 1. The van der Waals surface area contributed by atoms with Gasteiger partial charge in [0.2, 0.25) is 0 Å². The number of carbonyl (C=O) groups excluding carboxylic acids is 2. The van der Waals surface area contributed by atoms with Gasteiger partial charge in [0.1, 0.15) is 11.5 Å². The molecule has 0 spiro atoms. The lowest BCUT2D eigenvalue weighted by Crippen LogP contribution is -2.35. The Balaban J connectivity index is 1.96. The van der Waals surface area contributed by atoms with E-state index in [4.69, 9.17) is 5.26 Å². The second kappa shape index (κ2) is 7.44. The van der Waals surface area contributed by atoms with Crippen LogP contribution in [-0.2, 0) is 22.3 Å². The summed E-state index contributed by atoms with van der Waals surface area (Å²) in [6.07, 6.45) is -4.66. The van der Waals surface area contributed by atoms with E-state index in [1.165, 1.54) is 6.07 Å². The quantitative estimate of drug-likeness (QED) is 0.832. The predicted molar refractivity (Wildman–Crippen MR) is 80.9 cm³/mol. The minimum absolute atomic E-state index is 0.0161. The minimum atomic E-state index is -4.66. The van der Waals surface area contributed by atoms with E-state index in [9.17, 15) is 22.8 Å². The molecule has 0 aliphatic carbocycles. The number of rotatable bonds is 3. The van der Waals surface area contributed by atoms with E-state index >= 15 is 0 Å². The van der Waals surface area contributed by atoms with Gasteiger partial charge >= 0.3 is 18.0 Å². The van der Waals surface area contributed by atoms with Gasteiger partial charge in [-0.25, -0.2) is 4.98 Å². The molecule has 0 atom stereocenters. The highest BCUT2D eigenvalue weighted by Gasteiger charge is 2.32. The number of aromatic nitrogens is 1. The van der Waals surface area contributed by atoms with Gasteiger partial charge in [-0.3, -0.25) is 9.59 Å². The zero-order valence-corrected chi connectivity index (χ0v) is 12.6. The number of carbonyl (C=O) groups is 2. The zero-order chi connectivity index (χ0) is 18.4. The van der Waals surface area contributed by atoms with Crippen LogP contribution in [0.25, 0.3) is 0 Å². The molecule has 0 saturated heterocycles. The van der Waals surface area contributed by atoms with Crippen LogP contribution >= 0.6 is 0 Å². The van der Waals surface area contributed by atoms with E-state index in [1.54, 1.807) is 18.2 Å². The Bertz CT molecular complexity index is 844. The molecule has 0 fully saturated rings. The Morgan fingerprint density at radius 3 is 2.52 bits per heavy atom. The summed E-state index contributed by atoms with van der Waals surface area (Å²) in [5.41, 5.74) is -0.194. The number of nitrogens with one attached hydrogen (secondary N) is 2. The van der Waals surface area contributed by atoms with Gasteiger partial charge in [-0.05, 0) is 29.8 Å². The molecule has 0 aliphatic rings. The number of alkyl halides is 3. The van der Waals surface area contributed by atoms with Crippen molar-refractivity contribution in [2.24, 2.45) is 0 Å². The molecule has 0 saturated carbocycles. The van der Waals surface area contributed by atoms with Crippen molar-refractivity contribution in [1.82, 2.24) is 10.3 Å². The summed E-state index contributed by atoms with van der Waals surface area (Å²) in [5.74, 6) is -2.58. The Labute approximate surface area is 140 Å². The molecule has 128 valence electrons. The summed E-state index contributed by atoms with van der Waals surface area (Å²) in [5, 5.41) is 13.1. The fourth-order valence-corrected chi connectivity index (χ4v) is 1.85. The average Bonchev–Trinajstić information content (AvgIpc) is 2.59. The van der Waals surface area contributed by atoms with Crippen molar-refractivity contribution in [2.75, 3.05) is 5.32 Å². The molecular weight excluding hydrogens is 337 g/mol. The number of anilines is 1. The number of pyridine rings is 1. The number of nitrogens with zero attached hydrogens (tertiary/aromatic N) is 2. The van der Waals surface area contributed by atoms with E-state index in [2.05, 4.69) is 10.3 Å². The maximum atomic E-state index is 12.6. The lowest BCUT2D eigenvalue weighted by molar-refractivity contribution is -0.141. The Morgan fingerprint density at radius 2 is 1.84 bits per heavy atom. The van der Waals surface area contributed by atoms with E-state index < -0.39 is 23.7 Å². The second-order valence-corrected chi connectivity index (χ2v) is 4.85. The van der Waals surface area contributed by atoms with Crippen LogP contribution in [0.4, 0.5) is 19.0 Å². The van der Waals surface area contributed by atoms with E-state index in [0.29, 0.717) is 11.1 Å². The van der Waals surface area contributed by atoms with Crippen molar-refractivity contribution in [1.29, 1.82) is 5.26 Å². The fraction of sp³-hybridized carbons (Fsp3) is 0.125. The van der Waals surface area contributed by atoms with Crippen LogP contribution in [0.1, 0.15) is 16.8 Å². The van der Waals surface area contributed by atoms with Crippen LogP contribution in [0.15, 0.2) is 42.5 Å². The largest absolute Gasteiger partial charge is 0.433 e. The normalized spacial score (nSPS) is 10.6. The smallest absolute Gasteiger partial charge is 0.344 e. The molecule has 9 heteroatoms. The van der Waals surface area contributed by atoms with Crippen molar-refractivity contribution < 1.29 is 22.8 Å². The Morgan fingerprint density at radius 1 is 1.12 bits per heavy atom. The highest BCUT2D eigenvalue weighted by Crippen LogP contribution is 2.28. The molecule has 25 heavy (non-hydrogen) atoms. The third kappa shape index (κ3) is 5.04. The molecular formula is C16H11F3N4O2. The first-order chi connectivity index (χ1) is 11.8. The van der Waals surface area contributed by atoms with E-state index in [0.717, 1.165) is 18.2 Å². The van der Waals surface area contributed by atoms with Gasteiger partial charge in [-0.1, -0.05) is 18.2 Å². The lowest BCUT2D eigenvalue weighted by Gasteiger charge is -2.09. The van der Waals surface area contributed by atoms with Crippen LogP contribution < -0.4 is 10.6 Å². The molecule has 0 unspecified atom stereocenters. The van der Waals surface area contributed by atoms with Gasteiger partial charge in [0.15, 0.2) is 0 Å². The van der Waals surface area contributed by atoms with Crippen molar-refractivity contribution in [3.05, 3.63) is 59.3 Å². The summed E-state index contributed by atoms with van der Waals surface area (Å²) in [7, 11) is 0. The van der Waals surface area contributed by atoms with Crippen LogP contribution in [0.3, 0.4) is 0 Å². The predicted octanol–water partition coefficient (Wildman–Crippen LogP) is 2.23. The SMILES string of the molecule is N#Cc1cccc(CNC(=O)C(=O)Nc2cccc(C(F)(F)F)n2)c1. The molecule has 2 N–H and O–H groups in total. The molecule has 2 aromatic rings. The maximum absolute atomic E-state index is 12.6. The summed E-state index contributed by atoms with van der Waals surface area (Å²) in [6.45, 7) is -0.0161. The Kier molecular flexibility index (Phi) is 5.34. The summed E-state index contributed by atoms with van der Waals surface area (Å²) >= 11 is 0. The van der Waals surface area contributed by atoms with Gasteiger partial charge in [-0.15, -0.1) is 0 Å². The highest BCUT2D eigenvalue weighted by atomic mass is 19.4. The summed E-state index contributed by atoms with van der Waals surface area (Å²) in [4.78, 5) is 26.7. The lowest BCUT2D eigenvalue weighted by atomic mass is 10.1. The molecule has 0 radical (unpaired) electrons. The van der Waals surface area contributed by atoms with Gasteiger partial charge in [0.05, 0.1) is 11.6 Å². The molecule has 1 heterocycles. The number of nitriles is 1. The van der Waals surface area contributed by atoms with Crippen LogP contribution in [0.2, 0.25) is 0 Å². The van der Waals surface area contributed by atoms with Crippen molar-refractivity contribution in [3.63, 3.8) is 0 Å². The van der Waals surface area contributed by atoms with Gasteiger partial charge in [0, 0.05) is 6.54 Å². The third-order valence-corrected chi connectivity index (χ3v) is 3.00. The minimum Gasteiger partial charge on any atom is -0.344 e. The first-order valence-electron chi connectivity index (χ1n) is 6.92. The topological polar surface area (TPSA) is 94.9 Å². The molecule has 1 aromatic carbocycles. The maximum Gasteiger partial charge on any atom is 0.433 e. The molecule has 2 amide bonds. The standard InChI is InChI=1S/C16H11F3N4O2/c17-16(18,19)12-5-2-6-13(22-12)23-15(25)14(24)21-9-11-4-1-3-10(7-11)8-20/h1-7H,9H2,(H,21,24)(H,22,23,25). The van der Waals surface area contributed by atoms with Gasteiger partial charge < -0.3 is 10.6 Å². The van der Waals surface area contributed by atoms with Gasteiger partial charge in [-0.2, -0.15) is 18.4 Å². The van der Waals surface area contributed by atoms with Crippen molar-refractivity contribution in [2.45, 2.75) is 12.7 Å². The average molecular weight is 348 g/mol. The van der Waals surface area contributed by atoms with Crippen LogP contribution in [-0.4, -0.2) is 16.8 Å². The van der Waals surface area contributed by atoms with E-state index in [-0.39, 0.29) is 12.4 Å². The van der Waals surface area contributed by atoms with Crippen molar-refractivity contribution >= 4 is 17.6 Å². The van der Waals surface area contributed by atoms with Crippen LogP contribution in [0, 0.1) is 11.3 Å². The molecule has 0 bridgehead atoms. The number of amides is 2. The Hall–Kier alpha value is -3.41. The van der Waals surface area contributed by atoms with Crippen molar-refractivity contribution in [3.8, 4) is 6.07 Å². The molecule has 1 aromatic heterocycles. The number of hydrogen-bond acceptors (Lipinski definition) is 4.